The fraction of sp³-hybridized carbons (Fsp3) is 0.353. The van der Waals surface area contributed by atoms with Crippen LogP contribution in [0.3, 0.4) is 0 Å². The van der Waals surface area contributed by atoms with E-state index in [1.165, 1.54) is 16.6 Å². The summed E-state index contributed by atoms with van der Waals surface area (Å²) in [7, 11) is -3.57. The highest BCUT2D eigenvalue weighted by Gasteiger charge is 2.31. The Morgan fingerprint density at radius 2 is 2.00 bits per heavy atom. The van der Waals surface area contributed by atoms with Gasteiger partial charge < -0.3 is 14.3 Å². The molecule has 2 heterocycles. The van der Waals surface area contributed by atoms with E-state index >= 15 is 0 Å². The molecule has 134 valence electrons. The summed E-state index contributed by atoms with van der Waals surface area (Å²) in [5.41, 5.74) is 1.03. The van der Waals surface area contributed by atoms with Gasteiger partial charge in [-0.05, 0) is 48.6 Å². The van der Waals surface area contributed by atoms with Crippen molar-refractivity contribution in [1.82, 2.24) is 4.31 Å². The number of carboxylic acid groups (broad SMARTS) is 1. The van der Waals surface area contributed by atoms with E-state index in [1.54, 1.807) is 12.1 Å². The molecule has 0 unspecified atom stereocenters. The van der Waals surface area contributed by atoms with Crippen LogP contribution in [0.5, 0.6) is 5.75 Å². The number of carbonyl (C=O) groups is 1. The number of nitrogens with zero attached hydrogens (tertiary/aromatic N) is 1. The number of hydrogen-bond donors (Lipinski definition) is 1. The van der Waals surface area contributed by atoms with Crippen LogP contribution in [0.25, 0.3) is 0 Å². The predicted molar refractivity (Wildman–Crippen MR) is 89.0 cm³/mol. The van der Waals surface area contributed by atoms with Crippen LogP contribution < -0.4 is 4.74 Å². The zero-order chi connectivity index (χ0) is 17.9. The molecular formula is C17H19NO6S. The lowest BCUT2D eigenvalue weighted by Crippen LogP contribution is -2.37. The highest BCUT2D eigenvalue weighted by atomic mass is 32.2. The normalized spacial score (nSPS) is 16.6. The summed E-state index contributed by atoms with van der Waals surface area (Å²) >= 11 is 0. The average molecular weight is 365 g/mol. The molecular weight excluding hydrogens is 346 g/mol. The van der Waals surface area contributed by atoms with Crippen LogP contribution in [0.4, 0.5) is 0 Å². The third-order valence-electron chi connectivity index (χ3n) is 4.23. The van der Waals surface area contributed by atoms with Crippen molar-refractivity contribution >= 4 is 16.0 Å². The Labute approximate surface area is 145 Å². The third kappa shape index (κ3) is 4.02. The monoisotopic (exact) mass is 365 g/mol. The van der Waals surface area contributed by atoms with E-state index in [9.17, 15) is 13.2 Å². The average Bonchev–Trinajstić information content (AvgIpc) is 3.16. The zero-order valence-electron chi connectivity index (χ0n) is 13.5. The molecule has 1 N–H and O–H groups in total. The van der Waals surface area contributed by atoms with Crippen molar-refractivity contribution in [2.24, 2.45) is 0 Å². The SMILES string of the molecule is O=C(O)COc1cccc(C2CCN(S(=O)(=O)c3ccco3)CC2)c1. The molecule has 0 radical (unpaired) electrons. The lowest BCUT2D eigenvalue weighted by molar-refractivity contribution is -0.139. The number of aliphatic carboxylic acids is 1. The van der Waals surface area contributed by atoms with E-state index in [2.05, 4.69) is 0 Å². The Bertz CT molecular complexity index is 823. The quantitative estimate of drug-likeness (QED) is 0.844. The number of benzene rings is 1. The molecule has 25 heavy (non-hydrogen) atoms. The Morgan fingerprint density at radius 1 is 1.24 bits per heavy atom. The molecule has 2 aromatic rings. The van der Waals surface area contributed by atoms with E-state index in [4.69, 9.17) is 14.3 Å². The van der Waals surface area contributed by atoms with Gasteiger partial charge in [-0.1, -0.05) is 12.1 Å². The second kappa shape index (κ2) is 7.28. The predicted octanol–water partition coefficient (Wildman–Crippen LogP) is 2.31. The van der Waals surface area contributed by atoms with Crippen molar-refractivity contribution in [3.63, 3.8) is 0 Å². The Morgan fingerprint density at radius 3 is 2.64 bits per heavy atom. The number of piperidine rings is 1. The second-order valence-corrected chi connectivity index (χ2v) is 7.73. The smallest absolute Gasteiger partial charge is 0.341 e. The highest BCUT2D eigenvalue weighted by molar-refractivity contribution is 7.89. The molecule has 0 saturated carbocycles. The van der Waals surface area contributed by atoms with E-state index in [0.717, 1.165) is 5.56 Å². The molecule has 1 aliphatic heterocycles. The van der Waals surface area contributed by atoms with Gasteiger partial charge >= 0.3 is 5.97 Å². The summed E-state index contributed by atoms with van der Waals surface area (Å²) in [6.45, 7) is 0.436. The summed E-state index contributed by atoms with van der Waals surface area (Å²) < 4.78 is 36.6. The van der Waals surface area contributed by atoms with Gasteiger partial charge in [-0.3, -0.25) is 0 Å². The summed E-state index contributed by atoms with van der Waals surface area (Å²) in [4.78, 5) is 10.6. The van der Waals surface area contributed by atoms with Crippen molar-refractivity contribution in [2.45, 2.75) is 23.9 Å². The Balaban J connectivity index is 1.64. The first kappa shape index (κ1) is 17.5. The molecule has 0 amide bonds. The van der Waals surface area contributed by atoms with Crippen LogP contribution in [0, 0.1) is 0 Å². The molecule has 0 bridgehead atoms. The Hall–Kier alpha value is -2.32. The molecule has 1 aromatic heterocycles. The van der Waals surface area contributed by atoms with E-state index in [0.29, 0.717) is 31.7 Å². The van der Waals surface area contributed by atoms with Gasteiger partial charge in [0.25, 0.3) is 10.0 Å². The first-order valence-electron chi connectivity index (χ1n) is 7.95. The number of rotatable bonds is 6. The topological polar surface area (TPSA) is 97.0 Å². The van der Waals surface area contributed by atoms with E-state index in [-0.39, 0.29) is 17.6 Å². The zero-order valence-corrected chi connectivity index (χ0v) is 14.3. The lowest BCUT2D eigenvalue weighted by Gasteiger charge is -2.30. The van der Waals surface area contributed by atoms with Gasteiger partial charge in [0.2, 0.25) is 5.09 Å². The van der Waals surface area contributed by atoms with Gasteiger partial charge in [0.05, 0.1) is 6.26 Å². The fourth-order valence-corrected chi connectivity index (χ4v) is 4.34. The molecule has 3 rings (SSSR count). The van der Waals surface area contributed by atoms with Crippen LogP contribution in [0.15, 0.2) is 52.2 Å². The van der Waals surface area contributed by atoms with Crippen LogP contribution in [-0.4, -0.2) is 43.5 Å². The van der Waals surface area contributed by atoms with Gasteiger partial charge in [0, 0.05) is 13.1 Å². The highest BCUT2D eigenvalue weighted by Crippen LogP contribution is 2.32. The molecule has 1 fully saturated rings. The van der Waals surface area contributed by atoms with Gasteiger partial charge in [0.15, 0.2) is 6.61 Å². The van der Waals surface area contributed by atoms with Gasteiger partial charge in [-0.15, -0.1) is 0 Å². The van der Waals surface area contributed by atoms with Crippen LogP contribution in [-0.2, 0) is 14.8 Å². The molecule has 0 aliphatic carbocycles. The first-order chi connectivity index (χ1) is 12.0. The van der Waals surface area contributed by atoms with Gasteiger partial charge in [0.1, 0.15) is 5.75 Å². The third-order valence-corrected chi connectivity index (χ3v) is 6.02. The lowest BCUT2D eigenvalue weighted by atomic mass is 9.90. The van der Waals surface area contributed by atoms with Crippen molar-refractivity contribution in [2.75, 3.05) is 19.7 Å². The largest absolute Gasteiger partial charge is 0.482 e. The van der Waals surface area contributed by atoms with Crippen molar-refractivity contribution < 1.29 is 27.5 Å². The summed E-state index contributed by atoms with van der Waals surface area (Å²) in [5, 5.41) is 8.65. The fourth-order valence-electron chi connectivity index (χ4n) is 2.97. The molecule has 7 nitrogen and oxygen atoms in total. The van der Waals surface area contributed by atoms with E-state index in [1.807, 2.05) is 18.2 Å². The summed E-state index contributed by atoms with van der Waals surface area (Å²) in [6.07, 6.45) is 2.72. The summed E-state index contributed by atoms with van der Waals surface area (Å²) in [6, 6.07) is 10.3. The van der Waals surface area contributed by atoms with Crippen LogP contribution in [0.1, 0.15) is 24.3 Å². The molecule has 8 heteroatoms. The molecule has 1 saturated heterocycles. The van der Waals surface area contributed by atoms with Crippen LogP contribution >= 0.6 is 0 Å². The first-order valence-corrected chi connectivity index (χ1v) is 9.39. The molecule has 0 atom stereocenters. The molecule has 0 spiro atoms. The number of hydrogen-bond acceptors (Lipinski definition) is 5. The number of furan rings is 1. The van der Waals surface area contributed by atoms with E-state index < -0.39 is 16.0 Å². The maximum Gasteiger partial charge on any atom is 0.341 e. The summed E-state index contributed by atoms with van der Waals surface area (Å²) in [5.74, 6) is -0.316. The van der Waals surface area contributed by atoms with Crippen molar-refractivity contribution in [3.05, 3.63) is 48.2 Å². The minimum atomic E-state index is -3.57. The minimum absolute atomic E-state index is 0.0324. The molecule has 1 aromatic carbocycles. The maximum absolute atomic E-state index is 12.5. The second-order valence-electron chi connectivity index (χ2n) is 5.87. The van der Waals surface area contributed by atoms with Crippen molar-refractivity contribution in [1.29, 1.82) is 0 Å². The minimum Gasteiger partial charge on any atom is -0.482 e. The Kier molecular flexibility index (Phi) is 5.10. The molecule has 1 aliphatic rings. The van der Waals surface area contributed by atoms with Crippen molar-refractivity contribution in [3.8, 4) is 5.75 Å². The van der Waals surface area contributed by atoms with Gasteiger partial charge in [-0.25, -0.2) is 13.2 Å². The number of sulfonamides is 1. The van der Waals surface area contributed by atoms with Gasteiger partial charge in [-0.2, -0.15) is 4.31 Å². The number of ether oxygens (including phenoxy) is 1. The maximum atomic E-state index is 12.5. The standard InChI is InChI=1S/C17H19NO6S/c19-16(20)12-24-15-4-1-3-14(11-15)13-6-8-18(9-7-13)25(21,22)17-5-2-10-23-17/h1-5,10-11,13H,6-9,12H2,(H,19,20). The van der Waals surface area contributed by atoms with Crippen LogP contribution in [0.2, 0.25) is 0 Å². The number of carboxylic acids is 1.